The lowest BCUT2D eigenvalue weighted by molar-refractivity contribution is -0.139. The van der Waals surface area contributed by atoms with E-state index in [-0.39, 0.29) is 0 Å². The summed E-state index contributed by atoms with van der Waals surface area (Å²) in [6.45, 7) is 8.30. The number of rotatable bonds is 7. The molecule has 3 nitrogen and oxygen atoms in total. The van der Waals surface area contributed by atoms with Crippen LogP contribution in [0.25, 0.3) is 0 Å². The van der Waals surface area contributed by atoms with Gasteiger partial charge in [0.1, 0.15) is 6.04 Å². The van der Waals surface area contributed by atoms with Crippen molar-refractivity contribution in [2.75, 3.05) is 0 Å². The summed E-state index contributed by atoms with van der Waals surface area (Å²) in [6, 6.07) is -0.101. The summed E-state index contributed by atoms with van der Waals surface area (Å²) in [4.78, 5) is 10.7. The molecule has 0 bridgehead atoms. The third kappa shape index (κ3) is 5.97. The Balaban J connectivity index is 3.79. The minimum Gasteiger partial charge on any atom is -0.480 e. The van der Waals surface area contributed by atoms with Crippen LogP contribution < -0.4 is 5.32 Å². The van der Waals surface area contributed by atoms with Crippen molar-refractivity contribution in [3.63, 3.8) is 0 Å². The highest BCUT2D eigenvalue weighted by Crippen LogP contribution is 2.07. The van der Waals surface area contributed by atoms with Gasteiger partial charge in [0.05, 0.1) is 0 Å². The van der Waals surface area contributed by atoms with Crippen LogP contribution in [0, 0.1) is 5.92 Å². The zero-order chi connectivity index (χ0) is 11.1. The van der Waals surface area contributed by atoms with Crippen molar-refractivity contribution in [2.45, 2.75) is 59.0 Å². The smallest absolute Gasteiger partial charge is 0.320 e. The van der Waals surface area contributed by atoms with Crippen LogP contribution in [-0.4, -0.2) is 23.2 Å². The first-order valence-corrected chi connectivity index (χ1v) is 5.46. The second kappa shape index (κ2) is 6.82. The number of carboxylic acids is 1. The van der Waals surface area contributed by atoms with Crippen LogP contribution >= 0.6 is 0 Å². The van der Waals surface area contributed by atoms with Gasteiger partial charge in [-0.25, -0.2) is 0 Å². The van der Waals surface area contributed by atoms with Crippen LogP contribution in [0.5, 0.6) is 0 Å². The van der Waals surface area contributed by atoms with Gasteiger partial charge < -0.3 is 10.4 Å². The fourth-order valence-corrected chi connectivity index (χ4v) is 1.37. The molecule has 14 heavy (non-hydrogen) atoms. The topological polar surface area (TPSA) is 49.3 Å². The monoisotopic (exact) mass is 201 g/mol. The fourth-order valence-electron chi connectivity index (χ4n) is 1.37. The van der Waals surface area contributed by atoms with Gasteiger partial charge in [-0.2, -0.15) is 0 Å². The highest BCUT2D eigenvalue weighted by molar-refractivity contribution is 5.73. The van der Waals surface area contributed by atoms with Gasteiger partial charge in [-0.15, -0.1) is 0 Å². The molecule has 0 radical (unpaired) electrons. The van der Waals surface area contributed by atoms with Crippen LogP contribution in [0.4, 0.5) is 0 Å². The second-order valence-corrected chi connectivity index (χ2v) is 4.34. The summed E-state index contributed by atoms with van der Waals surface area (Å²) in [5.74, 6) is -0.0620. The molecule has 0 aromatic carbocycles. The van der Waals surface area contributed by atoms with Gasteiger partial charge in [0.15, 0.2) is 0 Å². The molecule has 0 aliphatic carbocycles. The van der Waals surface area contributed by atoms with Crippen molar-refractivity contribution in [3.8, 4) is 0 Å². The van der Waals surface area contributed by atoms with Crippen molar-refractivity contribution >= 4 is 5.97 Å². The van der Waals surface area contributed by atoms with E-state index in [2.05, 4.69) is 19.2 Å². The molecule has 0 aromatic heterocycles. The molecular weight excluding hydrogens is 178 g/mol. The first-order valence-electron chi connectivity index (χ1n) is 5.46. The Hall–Kier alpha value is -0.570. The SMILES string of the molecule is CCC(NC(C)CCC(C)C)C(=O)O. The molecule has 0 fully saturated rings. The maximum absolute atomic E-state index is 10.7. The Morgan fingerprint density at radius 1 is 1.29 bits per heavy atom. The summed E-state index contributed by atoms with van der Waals surface area (Å²) < 4.78 is 0. The van der Waals surface area contributed by atoms with E-state index >= 15 is 0 Å². The van der Waals surface area contributed by atoms with Gasteiger partial charge in [0.2, 0.25) is 0 Å². The number of hydrogen-bond acceptors (Lipinski definition) is 2. The molecule has 0 spiro atoms. The van der Waals surface area contributed by atoms with Gasteiger partial charge in [-0.05, 0) is 32.1 Å². The molecular formula is C11H23NO2. The van der Waals surface area contributed by atoms with E-state index in [9.17, 15) is 4.79 Å². The minimum atomic E-state index is -0.746. The highest BCUT2D eigenvalue weighted by atomic mass is 16.4. The highest BCUT2D eigenvalue weighted by Gasteiger charge is 2.16. The molecule has 0 amide bonds. The fraction of sp³-hybridized carbons (Fsp3) is 0.909. The van der Waals surface area contributed by atoms with Crippen molar-refractivity contribution in [1.82, 2.24) is 5.32 Å². The normalized spacial score (nSPS) is 15.5. The molecule has 3 heteroatoms. The van der Waals surface area contributed by atoms with Crippen molar-refractivity contribution in [1.29, 1.82) is 0 Å². The first kappa shape index (κ1) is 13.4. The second-order valence-electron chi connectivity index (χ2n) is 4.34. The van der Waals surface area contributed by atoms with Gasteiger partial charge >= 0.3 is 5.97 Å². The van der Waals surface area contributed by atoms with Gasteiger partial charge in [0.25, 0.3) is 0 Å². The molecule has 0 aromatic rings. The van der Waals surface area contributed by atoms with Crippen LogP contribution in [0.1, 0.15) is 47.0 Å². The zero-order valence-electron chi connectivity index (χ0n) is 9.71. The average molecular weight is 201 g/mol. The number of carboxylic acid groups (broad SMARTS) is 1. The van der Waals surface area contributed by atoms with E-state index in [4.69, 9.17) is 5.11 Å². The van der Waals surface area contributed by atoms with E-state index in [1.807, 2.05) is 13.8 Å². The maximum Gasteiger partial charge on any atom is 0.320 e. The van der Waals surface area contributed by atoms with Crippen LogP contribution in [0.15, 0.2) is 0 Å². The van der Waals surface area contributed by atoms with Crippen molar-refractivity contribution in [2.24, 2.45) is 5.92 Å². The molecule has 0 rings (SSSR count). The lowest BCUT2D eigenvalue weighted by atomic mass is 10.0. The Kier molecular flexibility index (Phi) is 6.54. The number of hydrogen-bond donors (Lipinski definition) is 2. The van der Waals surface area contributed by atoms with Crippen molar-refractivity contribution in [3.05, 3.63) is 0 Å². The van der Waals surface area contributed by atoms with Crippen molar-refractivity contribution < 1.29 is 9.90 Å². The standard InChI is InChI=1S/C11H23NO2/c1-5-10(11(13)14)12-9(4)7-6-8(2)3/h8-10,12H,5-7H2,1-4H3,(H,13,14). The first-order chi connectivity index (χ1) is 6.47. The average Bonchev–Trinajstić information content (AvgIpc) is 2.10. The lowest BCUT2D eigenvalue weighted by Crippen LogP contribution is -2.41. The summed E-state index contributed by atoms with van der Waals surface area (Å²) >= 11 is 0. The van der Waals surface area contributed by atoms with Crippen LogP contribution in [0.2, 0.25) is 0 Å². The predicted octanol–water partition coefficient (Wildman–Crippen LogP) is 2.26. The van der Waals surface area contributed by atoms with Gasteiger partial charge in [0, 0.05) is 6.04 Å². The number of aliphatic carboxylic acids is 1. The van der Waals surface area contributed by atoms with E-state index in [0.29, 0.717) is 18.4 Å². The lowest BCUT2D eigenvalue weighted by Gasteiger charge is -2.19. The number of nitrogens with one attached hydrogen (secondary N) is 1. The third-order valence-electron chi connectivity index (χ3n) is 2.37. The maximum atomic E-state index is 10.7. The summed E-state index contributed by atoms with van der Waals surface area (Å²) in [6.07, 6.45) is 2.83. The summed E-state index contributed by atoms with van der Waals surface area (Å²) in [5.41, 5.74) is 0. The molecule has 0 saturated heterocycles. The van der Waals surface area contributed by atoms with Crippen LogP contribution in [0.3, 0.4) is 0 Å². The molecule has 2 unspecified atom stereocenters. The molecule has 2 atom stereocenters. The largest absolute Gasteiger partial charge is 0.480 e. The quantitative estimate of drug-likeness (QED) is 0.664. The zero-order valence-corrected chi connectivity index (χ0v) is 9.71. The Bertz CT molecular complexity index is 169. The van der Waals surface area contributed by atoms with Crippen LogP contribution in [-0.2, 0) is 4.79 Å². The molecule has 84 valence electrons. The molecule has 0 aliphatic rings. The molecule has 2 N–H and O–H groups in total. The molecule has 0 heterocycles. The van der Waals surface area contributed by atoms with E-state index in [0.717, 1.165) is 12.8 Å². The molecule has 0 saturated carbocycles. The molecule has 0 aliphatic heterocycles. The van der Waals surface area contributed by atoms with Gasteiger partial charge in [-0.1, -0.05) is 20.8 Å². The minimum absolute atomic E-state index is 0.290. The van der Waals surface area contributed by atoms with E-state index in [1.165, 1.54) is 0 Å². The van der Waals surface area contributed by atoms with E-state index in [1.54, 1.807) is 0 Å². The third-order valence-corrected chi connectivity index (χ3v) is 2.37. The predicted molar refractivity (Wildman–Crippen MR) is 58.4 cm³/mol. The Labute approximate surface area is 86.9 Å². The summed E-state index contributed by atoms with van der Waals surface area (Å²) in [5, 5.41) is 12.0. The Morgan fingerprint density at radius 3 is 2.21 bits per heavy atom. The summed E-state index contributed by atoms with van der Waals surface area (Å²) in [7, 11) is 0. The Morgan fingerprint density at radius 2 is 1.86 bits per heavy atom. The number of carbonyl (C=O) groups is 1. The van der Waals surface area contributed by atoms with Gasteiger partial charge in [-0.3, -0.25) is 4.79 Å². The van der Waals surface area contributed by atoms with E-state index < -0.39 is 12.0 Å².